The first-order valence-corrected chi connectivity index (χ1v) is 32.0. The van der Waals surface area contributed by atoms with Crippen molar-refractivity contribution in [3.63, 3.8) is 0 Å². The summed E-state index contributed by atoms with van der Waals surface area (Å²) in [5, 5.41) is 30.1. The van der Waals surface area contributed by atoms with E-state index in [2.05, 4.69) is 10.3 Å². The van der Waals surface area contributed by atoms with Crippen molar-refractivity contribution in [1.29, 1.82) is 0 Å². The zero-order chi connectivity index (χ0) is 66.7. The third-order valence-corrected chi connectivity index (χ3v) is 21.6. The molecule has 30 heteroatoms. The van der Waals surface area contributed by atoms with Crippen LogP contribution in [-0.4, -0.2) is 133 Å². The van der Waals surface area contributed by atoms with Gasteiger partial charge in [-0.05, 0) is 119 Å². The molecule has 17 N–H and O–H groups in total. The number of ether oxygens (including phenoxy) is 1. The molecule has 28 nitrogen and oxygen atoms in total. The van der Waals surface area contributed by atoms with Crippen molar-refractivity contribution in [2.45, 2.75) is 189 Å². The average Bonchev–Trinajstić information content (AvgIpc) is 1.53. The molecule has 6 aliphatic heterocycles. The molecule has 507 valence electrons. The number of carbonyl (C=O) groups is 7. The Morgan fingerprint density at radius 1 is 0.793 bits per heavy atom. The average molecular weight is 1350 g/mol. The number of allylic oxidation sites excluding steroid dienone is 6. The molecule has 8 bridgehead atoms. The van der Waals surface area contributed by atoms with Gasteiger partial charge in [0.2, 0.25) is 41.4 Å². The molecule has 5 unspecified atom stereocenters. The van der Waals surface area contributed by atoms with Crippen molar-refractivity contribution in [3.05, 3.63) is 69.2 Å². The molecule has 8 rings (SSSR count). The fraction of sp³-hybridized carbons (Fsp3) is 0.629. The topological polar surface area (TPSA) is 496 Å². The first-order chi connectivity index (χ1) is 41.8. The maximum atomic E-state index is 14.4. The van der Waals surface area contributed by atoms with Gasteiger partial charge in [0.15, 0.2) is 6.23 Å². The van der Waals surface area contributed by atoms with E-state index in [1.54, 1.807) is 6.92 Å². The van der Waals surface area contributed by atoms with Crippen LogP contribution in [0.15, 0.2) is 67.8 Å². The van der Waals surface area contributed by atoms with Crippen LogP contribution in [0, 0.1) is 59.2 Å². The van der Waals surface area contributed by atoms with E-state index in [1.165, 1.54) is 17.8 Å². The molecule has 6 aliphatic rings. The number of nitrogens with one attached hydrogen (secondary N) is 1. The summed E-state index contributed by atoms with van der Waals surface area (Å²) in [5.41, 5.74) is 36.7. The van der Waals surface area contributed by atoms with Crippen molar-refractivity contribution >= 4 is 77.3 Å². The molecule has 0 saturated carbocycles. The number of aliphatic hydroxyl groups is 2. The van der Waals surface area contributed by atoms with Crippen LogP contribution in [0.3, 0.4) is 0 Å². The Bertz CT molecular complexity index is 3550. The number of aliphatic hydroxyl groups excluding tert-OH is 2. The normalized spacial score (nSPS) is 33.5. The molecular weight excluding hydrogens is 1260 g/mol. The van der Waals surface area contributed by atoms with Crippen LogP contribution >= 0.6 is 7.82 Å². The van der Waals surface area contributed by atoms with Gasteiger partial charge in [-0.2, -0.15) is 5.70 Å². The monoisotopic (exact) mass is 1350 g/mol. The number of amides is 7. The molecule has 2 saturated heterocycles. The second-order valence-corrected chi connectivity index (χ2v) is 28.3. The minimum atomic E-state index is -5.32. The van der Waals surface area contributed by atoms with Crippen molar-refractivity contribution < 1.29 is 89.3 Å². The van der Waals surface area contributed by atoms with Crippen molar-refractivity contribution in [1.82, 2.24) is 14.9 Å². The van der Waals surface area contributed by atoms with Gasteiger partial charge in [0, 0.05) is 108 Å². The quantitative estimate of drug-likeness (QED) is 0.0611. The van der Waals surface area contributed by atoms with E-state index in [0.29, 0.717) is 56.4 Å². The third kappa shape index (κ3) is 14.1. The Labute approximate surface area is 545 Å². The van der Waals surface area contributed by atoms with Gasteiger partial charge in [0.1, 0.15) is 18.3 Å². The number of nitrogens with two attached hydrogens (primary N) is 6. The largest absolute Gasteiger partial charge is 2.00 e. The number of imidazole rings is 1. The molecule has 7 heterocycles. The van der Waals surface area contributed by atoms with E-state index < -0.39 is 143 Å². The number of nitrogens with zero attached hydrogens (tertiary/aromatic N) is 6. The smallest absolute Gasteiger partial charge is 0.756 e. The molecule has 0 spiro atoms. The number of carbonyl (C=O) groups excluding carboxylic acids is 7. The van der Waals surface area contributed by atoms with Crippen molar-refractivity contribution in [2.75, 3.05) is 13.2 Å². The van der Waals surface area contributed by atoms with Crippen LogP contribution in [-0.2, 0) is 68.7 Å². The van der Waals surface area contributed by atoms with E-state index in [0.717, 1.165) is 11.1 Å². The molecular formula is C62H90CoN13O15P. The van der Waals surface area contributed by atoms with Gasteiger partial charge in [0.05, 0.1) is 41.3 Å². The number of benzene rings is 1. The summed E-state index contributed by atoms with van der Waals surface area (Å²) >= 11 is 0. The van der Waals surface area contributed by atoms with Gasteiger partial charge in [0.25, 0.3) is 7.82 Å². The number of fused-ring (bicyclic) bond motifs is 7. The zero-order valence-corrected chi connectivity index (χ0v) is 55.9. The first-order valence-electron chi connectivity index (χ1n) is 30.5. The van der Waals surface area contributed by atoms with Gasteiger partial charge in [-0.1, -0.05) is 40.7 Å². The Balaban J connectivity index is 0.00000672. The number of phosphoric acid groups is 1. The van der Waals surface area contributed by atoms with Crippen LogP contribution in [0.25, 0.3) is 16.4 Å². The molecule has 7 amide bonds. The Morgan fingerprint density at radius 2 is 1.38 bits per heavy atom. The standard InChI is InChI=1S/C62H90N13O14P.Co.H2O/c1-29-20-39-40(21-30(29)2)75(28-70-39)57-52(84)53(41(27-76)87-57)89-90(85,86)88-31(3)26-69-49(83)18-19-59(8)37(22-46(66)80)56-62(11)61(10,25-48(68)82)36(14-17-45(65)79)51(74-62)33(5)55-60(9,24-47(67)81)34(12-15-43(63)77)38(71-55)23-42-58(6,7)35(13-16-44(64)78)50(72-42)32(4)54(59)73-56;;/h20-21,23,28,31,34-37,41,52-53,56-57,76,84H,12-19,22,24-27H2,1-11H3,(H15,63,64,65,66,67,68,69,71,72,73,74,77,78,79,80,81,82,83,85,86);;1H2/q;+2;/p-2/t31-,34-,35-,36-,37+,41?,52?,53?,56-,57?,59-,60+,61+,62+;;/m1../s1. The Hall–Kier alpha value is -6.53. The van der Waals surface area contributed by atoms with Crippen LogP contribution < -0.4 is 44.6 Å². The van der Waals surface area contributed by atoms with Gasteiger partial charge >= 0.3 is 16.8 Å². The maximum Gasteiger partial charge on any atom is 2.00 e. The Kier molecular flexibility index (Phi) is 22.5. The van der Waals surface area contributed by atoms with Gasteiger partial charge in [-0.25, -0.2) is 4.98 Å². The number of aliphatic imine (C=N–C) groups is 3. The number of primary amides is 6. The van der Waals surface area contributed by atoms with Crippen molar-refractivity contribution in [2.24, 2.45) is 94.7 Å². The van der Waals surface area contributed by atoms with E-state index >= 15 is 0 Å². The molecule has 92 heavy (non-hydrogen) atoms. The van der Waals surface area contributed by atoms with Crippen molar-refractivity contribution in [3.8, 4) is 0 Å². The van der Waals surface area contributed by atoms with Crippen LogP contribution in [0.2, 0.25) is 0 Å². The fourth-order valence-electron chi connectivity index (χ4n) is 15.3. The zero-order valence-electron chi connectivity index (χ0n) is 54.0. The number of rotatable bonds is 26. The summed E-state index contributed by atoms with van der Waals surface area (Å²) in [6, 6.07) is 2.65. The van der Waals surface area contributed by atoms with Gasteiger partial charge in [-0.3, -0.25) is 53.1 Å². The maximum absolute atomic E-state index is 14.4. The van der Waals surface area contributed by atoms with Gasteiger partial charge < -0.3 is 84.0 Å². The second kappa shape index (κ2) is 27.8. The SMILES string of the molecule is C/C1=C2/[N-][C@H]([C@H](CC(N)=O)[C@@]2(C)CCC(=O)NC[C@@H](C)OP(=O)([O-])OC2C(CO)OC(n3cnc4cc(C)c(C)cc43)C2O)[C@]2(C)N=C(/C(C)=C3N=C(/C=C4N=C1[C@@H](CCC(N)=O)C\4(C)C)[C@@H](CCC(N)=O)[C@]\3(C)CC(N)=O)[C@@H](CCC(N)=O)[C@]2(C)CC(N)=O.O.[Co+2]. The summed E-state index contributed by atoms with van der Waals surface area (Å²) in [7, 11) is -5.32. The number of aromatic nitrogens is 2. The van der Waals surface area contributed by atoms with E-state index in [9.17, 15) is 53.2 Å². The predicted octanol–water partition coefficient (Wildman–Crippen LogP) is 2.49. The predicted molar refractivity (Wildman–Crippen MR) is 335 cm³/mol. The summed E-state index contributed by atoms with van der Waals surface area (Å²) in [5.74, 6) is -7.40. The summed E-state index contributed by atoms with van der Waals surface area (Å²) < 4.78 is 31.9. The molecule has 2 fully saturated rings. The molecule has 15 atom stereocenters. The van der Waals surface area contributed by atoms with Crippen LogP contribution in [0.4, 0.5) is 0 Å². The minimum absolute atomic E-state index is 0. The molecule has 1 aromatic carbocycles. The van der Waals surface area contributed by atoms with E-state index in [1.807, 2.05) is 80.5 Å². The number of phosphoric ester groups is 1. The molecule has 1 aromatic heterocycles. The first kappa shape index (κ1) is 74.5. The summed E-state index contributed by atoms with van der Waals surface area (Å²) in [4.78, 5) is 128. The molecule has 0 aliphatic carbocycles. The van der Waals surface area contributed by atoms with Crippen LogP contribution in [0.5, 0.6) is 0 Å². The summed E-state index contributed by atoms with van der Waals surface area (Å²) in [6.07, 6.45) is -4.79. The Morgan fingerprint density at radius 3 is 1.96 bits per heavy atom. The van der Waals surface area contributed by atoms with Crippen LogP contribution in [0.1, 0.15) is 150 Å². The number of aryl methyl sites for hydroxylation is 2. The second-order valence-electron chi connectivity index (χ2n) is 27.0. The van der Waals surface area contributed by atoms with E-state index in [-0.39, 0.29) is 99.4 Å². The number of hydrogen-bond donors (Lipinski definition) is 9. The van der Waals surface area contributed by atoms with Gasteiger partial charge in [-0.15, -0.1) is 0 Å². The molecule has 1 radical (unpaired) electrons. The third-order valence-electron chi connectivity index (χ3n) is 20.5. The minimum Gasteiger partial charge on any atom is -0.756 e. The fourth-order valence-corrected chi connectivity index (χ4v) is 16.4. The van der Waals surface area contributed by atoms with E-state index in [4.69, 9.17) is 68.5 Å². The molecule has 2 aromatic rings. The number of hydrogen-bond acceptors (Lipinski definition) is 18. The summed E-state index contributed by atoms with van der Waals surface area (Å²) in [6.45, 7) is 19.0.